The summed E-state index contributed by atoms with van der Waals surface area (Å²) in [6.45, 7) is 12.1. The molecule has 1 amide bonds. The molecule has 1 aliphatic rings. The Kier molecular flexibility index (Phi) is 12.3. The fourth-order valence-electron chi connectivity index (χ4n) is 4.27. The fourth-order valence-corrected chi connectivity index (χ4v) is 4.27. The molecule has 0 radical (unpaired) electrons. The lowest BCUT2D eigenvalue weighted by molar-refractivity contribution is -0.117. The van der Waals surface area contributed by atoms with Crippen molar-refractivity contribution in [2.45, 2.75) is 72.6 Å². The molecule has 0 aliphatic carbocycles. The summed E-state index contributed by atoms with van der Waals surface area (Å²) in [7, 11) is 0. The molecule has 1 aliphatic heterocycles. The minimum Gasteiger partial charge on any atom is -0.402 e. The molecule has 1 heterocycles. The number of allylic oxidation sites excluding steroid dienone is 4. The molecule has 1 unspecified atom stereocenters. The number of aryl methyl sites for hydroxylation is 1. The summed E-state index contributed by atoms with van der Waals surface area (Å²) in [5.41, 5.74) is 13.2. The van der Waals surface area contributed by atoms with Gasteiger partial charge in [0.05, 0.1) is 0 Å². The minimum atomic E-state index is 0. The van der Waals surface area contributed by atoms with E-state index in [4.69, 9.17) is 10.5 Å². The summed E-state index contributed by atoms with van der Waals surface area (Å²) < 4.78 is 5.38. The lowest BCUT2D eigenvalue weighted by Gasteiger charge is -2.22. The molecular weight excluding hydrogens is 432 g/mol. The second-order valence-corrected chi connectivity index (χ2v) is 9.45. The third-order valence-corrected chi connectivity index (χ3v) is 6.40. The highest BCUT2D eigenvalue weighted by Gasteiger charge is 2.19. The van der Waals surface area contributed by atoms with Crippen molar-refractivity contribution in [1.29, 1.82) is 0 Å². The van der Waals surface area contributed by atoms with Crippen LogP contribution in [0.5, 0.6) is 0 Å². The maximum atomic E-state index is 12.4. The summed E-state index contributed by atoms with van der Waals surface area (Å²) >= 11 is 0. The highest BCUT2D eigenvalue weighted by molar-refractivity contribution is 5.90. The standard InChI is InChI=1S/C28H36N2O2.C3H8.2H2/c1-4-5-9-27(29)26(25-8-6-7-20(2)21(25)3)18-22-10-12-24(13-11-22)30-28(31)19-23-14-16-32-17-15-23;1-3-2;;/h4-13,23,26H,14-19,29H2,1-3H3,(H,30,31);3H2,1-2H3;2*1H/b5-4-,27-9-;;;. The maximum Gasteiger partial charge on any atom is 0.224 e. The van der Waals surface area contributed by atoms with E-state index in [1.54, 1.807) is 0 Å². The van der Waals surface area contributed by atoms with Gasteiger partial charge in [0.25, 0.3) is 0 Å². The van der Waals surface area contributed by atoms with Gasteiger partial charge in [0.2, 0.25) is 5.91 Å². The molecule has 1 saturated heterocycles. The minimum absolute atomic E-state index is 0. The zero-order chi connectivity index (χ0) is 25.6. The first-order valence-electron chi connectivity index (χ1n) is 13.0. The highest BCUT2D eigenvalue weighted by Crippen LogP contribution is 2.30. The molecule has 0 saturated carbocycles. The smallest absolute Gasteiger partial charge is 0.224 e. The normalized spacial score (nSPS) is 15.4. The van der Waals surface area contributed by atoms with Crippen LogP contribution in [0.25, 0.3) is 0 Å². The van der Waals surface area contributed by atoms with Crippen LogP contribution in [0, 0.1) is 19.8 Å². The summed E-state index contributed by atoms with van der Waals surface area (Å²) in [4.78, 5) is 12.4. The number of anilines is 1. The zero-order valence-electron chi connectivity index (χ0n) is 22.3. The summed E-state index contributed by atoms with van der Waals surface area (Å²) in [6.07, 6.45) is 10.5. The molecule has 2 aromatic carbocycles. The first-order valence-corrected chi connectivity index (χ1v) is 13.0. The number of hydrogen-bond donors (Lipinski definition) is 2. The number of rotatable bonds is 8. The predicted octanol–water partition coefficient (Wildman–Crippen LogP) is 7.71. The van der Waals surface area contributed by atoms with E-state index in [0.717, 1.165) is 43.9 Å². The van der Waals surface area contributed by atoms with Gasteiger partial charge in [-0.3, -0.25) is 4.79 Å². The van der Waals surface area contributed by atoms with Gasteiger partial charge in [-0.25, -0.2) is 0 Å². The van der Waals surface area contributed by atoms with E-state index in [-0.39, 0.29) is 14.7 Å². The quantitative estimate of drug-likeness (QED) is 0.380. The van der Waals surface area contributed by atoms with E-state index in [0.29, 0.717) is 12.3 Å². The van der Waals surface area contributed by atoms with E-state index in [1.165, 1.54) is 28.7 Å². The number of nitrogens with two attached hydrogens (primary N) is 1. The predicted molar refractivity (Wildman–Crippen MR) is 153 cm³/mol. The Bertz CT molecular complexity index is 981. The van der Waals surface area contributed by atoms with Crippen molar-refractivity contribution >= 4 is 11.6 Å². The van der Waals surface area contributed by atoms with E-state index in [1.807, 2.05) is 37.3 Å². The summed E-state index contributed by atoms with van der Waals surface area (Å²) in [5.74, 6) is 0.602. The number of amides is 1. The Morgan fingerprint density at radius 1 is 1.14 bits per heavy atom. The largest absolute Gasteiger partial charge is 0.402 e. The molecule has 0 spiro atoms. The third kappa shape index (κ3) is 9.37. The van der Waals surface area contributed by atoms with E-state index in [9.17, 15) is 4.79 Å². The number of hydrogen-bond acceptors (Lipinski definition) is 3. The molecule has 3 N–H and O–H groups in total. The van der Waals surface area contributed by atoms with Gasteiger partial charge >= 0.3 is 0 Å². The van der Waals surface area contributed by atoms with Crippen LogP contribution < -0.4 is 11.1 Å². The van der Waals surface area contributed by atoms with Crippen molar-refractivity contribution in [3.05, 3.63) is 88.6 Å². The van der Waals surface area contributed by atoms with Gasteiger partial charge in [-0.05, 0) is 86.4 Å². The molecule has 194 valence electrons. The third-order valence-electron chi connectivity index (χ3n) is 6.40. The lowest BCUT2D eigenvalue weighted by atomic mass is 9.85. The first kappa shape index (κ1) is 28.4. The number of nitrogens with one attached hydrogen (secondary N) is 1. The Hall–Kier alpha value is -2.85. The average Bonchev–Trinajstić information content (AvgIpc) is 2.85. The molecule has 1 fully saturated rings. The van der Waals surface area contributed by atoms with Crippen LogP contribution in [0.4, 0.5) is 5.69 Å². The Labute approximate surface area is 215 Å². The Balaban J connectivity index is 0.00000247. The molecule has 1 atom stereocenters. The zero-order valence-corrected chi connectivity index (χ0v) is 22.3. The molecule has 4 nitrogen and oxygen atoms in total. The van der Waals surface area contributed by atoms with Gasteiger partial charge in [0.1, 0.15) is 0 Å². The van der Waals surface area contributed by atoms with Gasteiger partial charge in [-0.15, -0.1) is 0 Å². The van der Waals surface area contributed by atoms with Gasteiger partial charge in [0.15, 0.2) is 0 Å². The second-order valence-electron chi connectivity index (χ2n) is 9.45. The highest BCUT2D eigenvalue weighted by atomic mass is 16.5. The van der Waals surface area contributed by atoms with Crippen molar-refractivity contribution in [2.24, 2.45) is 11.7 Å². The average molecular weight is 481 g/mol. The number of ether oxygens (including phenoxy) is 1. The van der Waals surface area contributed by atoms with Crippen molar-refractivity contribution in [3.8, 4) is 0 Å². The molecule has 0 bridgehead atoms. The molecule has 4 heteroatoms. The van der Waals surface area contributed by atoms with Crippen LogP contribution in [0.2, 0.25) is 0 Å². The number of carbonyl (C=O) groups is 1. The molecule has 3 rings (SSSR count). The van der Waals surface area contributed by atoms with Crippen molar-refractivity contribution in [3.63, 3.8) is 0 Å². The van der Waals surface area contributed by atoms with Crippen LogP contribution in [-0.4, -0.2) is 19.1 Å². The number of benzene rings is 2. The number of carbonyl (C=O) groups excluding carboxylic acids is 1. The SMILES string of the molecule is C/C=C\C=C(/N)C(Cc1ccc(NC(=O)CC2CCOCC2)cc1)c1cccc(C)c1C.CCC.[HH].[HH]. The van der Waals surface area contributed by atoms with E-state index >= 15 is 0 Å². The fraction of sp³-hybridized carbons (Fsp3) is 0.452. The van der Waals surface area contributed by atoms with Crippen LogP contribution in [-0.2, 0) is 16.0 Å². The molecule has 2 aromatic rings. The van der Waals surface area contributed by atoms with E-state index in [2.05, 4.69) is 63.3 Å². The van der Waals surface area contributed by atoms with Crippen LogP contribution in [0.1, 0.15) is 77.5 Å². The first-order chi connectivity index (χ1) is 16.9. The van der Waals surface area contributed by atoms with E-state index < -0.39 is 0 Å². The van der Waals surface area contributed by atoms with Gasteiger partial charge < -0.3 is 15.8 Å². The Morgan fingerprint density at radius 3 is 2.43 bits per heavy atom. The van der Waals surface area contributed by atoms with Crippen molar-refractivity contribution in [1.82, 2.24) is 0 Å². The lowest BCUT2D eigenvalue weighted by Crippen LogP contribution is -2.22. The van der Waals surface area contributed by atoms with Crippen molar-refractivity contribution < 1.29 is 12.4 Å². The molecular formula is C31H48N2O2. The van der Waals surface area contributed by atoms with Crippen LogP contribution in [0.15, 0.2) is 66.4 Å². The van der Waals surface area contributed by atoms with Gasteiger partial charge in [-0.1, -0.05) is 62.8 Å². The molecule has 35 heavy (non-hydrogen) atoms. The monoisotopic (exact) mass is 480 g/mol. The van der Waals surface area contributed by atoms with Gasteiger partial charge in [-0.2, -0.15) is 0 Å². The topological polar surface area (TPSA) is 64.3 Å². The second kappa shape index (κ2) is 15.2. The Morgan fingerprint density at radius 2 is 1.80 bits per heavy atom. The van der Waals surface area contributed by atoms with Crippen molar-refractivity contribution in [2.75, 3.05) is 18.5 Å². The van der Waals surface area contributed by atoms with Crippen LogP contribution in [0.3, 0.4) is 0 Å². The molecule has 0 aromatic heterocycles. The maximum absolute atomic E-state index is 12.4. The summed E-state index contributed by atoms with van der Waals surface area (Å²) in [5, 5.41) is 3.04. The van der Waals surface area contributed by atoms with Crippen LogP contribution >= 0.6 is 0 Å². The summed E-state index contributed by atoms with van der Waals surface area (Å²) in [6, 6.07) is 14.6. The van der Waals surface area contributed by atoms with Gasteiger partial charge in [0, 0.05) is 39.8 Å².